The highest BCUT2D eigenvalue weighted by atomic mass is 16.1. The predicted octanol–water partition coefficient (Wildman–Crippen LogP) is 2.79. The van der Waals surface area contributed by atoms with Crippen LogP contribution >= 0.6 is 0 Å². The fourth-order valence-electron chi connectivity index (χ4n) is 3.36. The van der Waals surface area contributed by atoms with Crippen molar-refractivity contribution in [3.63, 3.8) is 0 Å². The normalized spacial score (nSPS) is 14.0. The van der Waals surface area contributed by atoms with Gasteiger partial charge in [0.25, 0.3) is 5.56 Å². The number of nitrogens with two attached hydrogens (primary N) is 1. The van der Waals surface area contributed by atoms with E-state index < -0.39 is 0 Å². The molecule has 0 radical (unpaired) electrons. The molecule has 1 aliphatic carbocycles. The molecule has 3 heteroatoms. The predicted molar refractivity (Wildman–Crippen MR) is 86.0 cm³/mol. The Morgan fingerprint density at radius 2 is 1.71 bits per heavy atom. The maximum atomic E-state index is 12.8. The highest BCUT2D eigenvalue weighted by Gasteiger charge is 2.18. The summed E-state index contributed by atoms with van der Waals surface area (Å²) in [6.07, 6.45) is 4.37. The first-order valence-corrected chi connectivity index (χ1v) is 7.65. The molecule has 0 saturated heterocycles. The van der Waals surface area contributed by atoms with Gasteiger partial charge in [0.15, 0.2) is 0 Å². The van der Waals surface area contributed by atoms with Crippen LogP contribution in [0.25, 0.3) is 5.69 Å². The van der Waals surface area contributed by atoms with Gasteiger partial charge < -0.3 is 5.73 Å². The smallest absolute Gasteiger partial charge is 0.259 e. The zero-order valence-electron chi connectivity index (χ0n) is 12.8. The van der Waals surface area contributed by atoms with E-state index in [-0.39, 0.29) is 5.56 Å². The average molecular weight is 282 g/mol. The largest absolute Gasteiger partial charge is 0.326 e. The molecule has 0 bridgehead atoms. The highest BCUT2D eigenvalue weighted by Crippen LogP contribution is 2.24. The van der Waals surface area contributed by atoms with Gasteiger partial charge in [0.05, 0.1) is 0 Å². The van der Waals surface area contributed by atoms with E-state index in [4.69, 9.17) is 5.73 Å². The SMILES string of the molecule is Cc1cc(C)cc(-n2c3c(cc(CN)c2=O)CCCC3)c1. The van der Waals surface area contributed by atoms with Gasteiger partial charge in [-0.2, -0.15) is 0 Å². The van der Waals surface area contributed by atoms with Gasteiger partial charge in [0.1, 0.15) is 0 Å². The number of benzene rings is 1. The molecule has 0 fully saturated rings. The van der Waals surface area contributed by atoms with Crippen molar-refractivity contribution in [2.24, 2.45) is 5.73 Å². The van der Waals surface area contributed by atoms with E-state index in [0.717, 1.165) is 30.5 Å². The van der Waals surface area contributed by atoms with Crippen LogP contribution in [0.2, 0.25) is 0 Å². The van der Waals surface area contributed by atoms with Crippen molar-refractivity contribution in [3.8, 4) is 5.69 Å². The van der Waals surface area contributed by atoms with E-state index in [1.807, 2.05) is 10.6 Å². The van der Waals surface area contributed by atoms with Gasteiger partial charge in [-0.15, -0.1) is 0 Å². The molecule has 21 heavy (non-hydrogen) atoms. The minimum absolute atomic E-state index is 0.0446. The number of rotatable bonds is 2. The maximum absolute atomic E-state index is 12.8. The summed E-state index contributed by atoms with van der Waals surface area (Å²) < 4.78 is 1.90. The Bertz CT molecular complexity index is 723. The lowest BCUT2D eigenvalue weighted by atomic mass is 9.94. The van der Waals surface area contributed by atoms with Crippen LogP contribution in [0.3, 0.4) is 0 Å². The van der Waals surface area contributed by atoms with Gasteiger partial charge in [-0.3, -0.25) is 9.36 Å². The molecular formula is C18H22N2O. The zero-order chi connectivity index (χ0) is 15.0. The average Bonchev–Trinajstić information content (AvgIpc) is 2.45. The van der Waals surface area contributed by atoms with Crippen molar-refractivity contribution >= 4 is 0 Å². The molecule has 1 aromatic carbocycles. The molecule has 1 aliphatic rings. The Morgan fingerprint density at radius 1 is 1.05 bits per heavy atom. The molecule has 1 aromatic heterocycles. The van der Waals surface area contributed by atoms with Crippen molar-refractivity contribution in [1.29, 1.82) is 0 Å². The van der Waals surface area contributed by atoms with Gasteiger partial charge in [-0.1, -0.05) is 6.07 Å². The molecule has 2 N–H and O–H groups in total. The summed E-state index contributed by atoms with van der Waals surface area (Å²) >= 11 is 0. The molecule has 1 heterocycles. The van der Waals surface area contributed by atoms with Gasteiger partial charge >= 0.3 is 0 Å². The summed E-state index contributed by atoms with van der Waals surface area (Å²) in [6.45, 7) is 4.44. The molecule has 3 rings (SSSR count). The van der Waals surface area contributed by atoms with E-state index in [1.165, 1.54) is 28.8 Å². The summed E-state index contributed by atoms with van der Waals surface area (Å²) in [4.78, 5) is 12.8. The molecule has 110 valence electrons. The summed E-state index contributed by atoms with van der Waals surface area (Å²) in [5, 5.41) is 0. The van der Waals surface area contributed by atoms with E-state index in [9.17, 15) is 4.79 Å². The number of aryl methyl sites for hydroxylation is 3. The standard InChI is InChI=1S/C18H22N2O/c1-12-7-13(2)9-16(8-12)20-17-6-4-3-5-14(17)10-15(11-19)18(20)21/h7-10H,3-6,11,19H2,1-2H3. The first-order chi connectivity index (χ1) is 10.1. The van der Waals surface area contributed by atoms with E-state index >= 15 is 0 Å². The van der Waals surface area contributed by atoms with Crippen molar-refractivity contribution in [2.45, 2.75) is 46.1 Å². The lowest BCUT2D eigenvalue weighted by Gasteiger charge is -2.23. The number of pyridine rings is 1. The first-order valence-electron chi connectivity index (χ1n) is 7.65. The quantitative estimate of drug-likeness (QED) is 0.920. The van der Waals surface area contributed by atoms with Crippen molar-refractivity contribution in [1.82, 2.24) is 4.57 Å². The Kier molecular flexibility index (Phi) is 3.68. The van der Waals surface area contributed by atoms with Crippen LogP contribution in [-0.2, 0) is 19.4 Å². The second-order valence-electron chi connectivity index (χ2n) is 6.04. The Morgan fingerprint density at radius 3 is 2.38 bits per heavy atom. The van der Waals surface area contributed by atoms with E-state index in [1.54, 1.807) is 0 Å². The highest BCUT2D eigenvalue weighted by molar-refractivity contribution is 5.44. The molecule has 0 spiro atoms. The third-order valence-electron chi connectivity index (χ3n) is 4.26. The molecule has 3 nitrogen and oxygen atoms in total. The van der Waals surface area contributed by atoms with Gasteiger partial charge in [0.2, 0.25) is 0 Å². The number of fused-ring (bicyclic) bond motifs is 1. The summed E-state index contributed by atoms with van der Waals surface area (Å²) in [7, 11) is 0. The molecule has 0 atom stereocenters. The Balaban J connectivity index is 2.32. The first kappa shape index (κ1) is 14.1. The second kappa shape index (κ2) is 5.49. The molecule has 2 aromatic rings. The third kappa shape index (κ3) is 2.54. The van der Waals surface area contributed by atoms with Crippen LogP contribution in [0.1, 0.15) is 40.8 Å². The topological polar surface area (TPSA) is 48.0 Å². The van der Waals surface area contributed by atoms with Crippen LogP contribution in [0, 0.1) is 13.8 Å². The van der Waals surface area contributed by atoms with Crippen LogP contribution < -0.4 is 11.3 Å². The molecule has 0 amide bonds. The summed E-state index contributed by atoms with van der Waals surface area (Å²) in [5.74, 6) is 0. The van der Waals surface area contributed by atoms with Crippen LogP contribution in [0.4, 0.5) is 0 Å². The van der Waals surface area contributed by atoms with Crippen molar-refractivity contribution in [2.75, 3.05) is 0 Å². The van der Waals surface area contributed by atoms with Crippen LogP contribution in [0.15, 0.2) is 29.1 Å². The minimum atomic E-state index is 0.0446. The second-order valence-corrected chi connectivity index (χ2v) is 6.04. The number of nitrogens with zero attached hydrogens (tertiary/aromatic N) is 1. The molecule has 0 aliphatic heterocycles. The summed E-state index contributed by atoms with van der Waals surface area (Å²) in [5.41, 5.74) is 12.3. The van der Waals surface area contributed by atoms with Crippen molar-refractivity contribution < 1.29 is 0 Å². The number of aromatic nitrogens is 1. The lowest BCUT2D eigenvalue weighted by molar-refractivity contribution is 0.640. The van der Waals surface area contributed by atoms with Crippen LogP contribution in [-0.4, -0.2) is 4.57 Å². The fraction of sp³-hybridized carbons (Fsp3) is 0.389. The minimum Gasteiger partial charge on any atom is -0.326 e. The fourth-order valence-corrected chi connectivity index (χ4v) is 3.36. The van der Waals surface area contributed by atoms with Gasteiger partial charge in [-0.05, 0) is 74.4 Å². The van der Waals surface area contributed by atoms with E-state index in [2.05, 4.69) is 32.0 Å². The summed E-state index contributed by atoms with van der Waals surface area (Å²) in [6, 6.07) is 8.33. The Labute approximate surface area is 125 Å². The monoisotopic (exact) mass is 282 g/mol. The van der Waals surface area contributed by atoms with Crippen LogP contribution in [0.5, 0.6) is 0 Å². The van der Waals surface area contributed by atoms with Gasteiger partial charge in [0, 0.05) is 23.5 Å². The lowest BCUT2D eigenvalue weighted by Crippen LogP contribution is -2.29. The van der Waals surface area contributed by atoms with Crippen molar-refractivity contribution in [3.05, 3.63) is 62.6 Å². The molecule has 0 unspecified atom stereocenters. The maximum Gasteiger partial charge on any atom is 0.259 e. The third-order valence-corrected chi connectivity index (χ3v) is 4.26. The van der Waals surface area contributed by atoms with Gasteiger partial charge in [-0.25, -0.2) is 0 Å². The molecular weight excluding hydrogens is 260 g/mol. The Hall–Kier alpha value is -1.87. The number of hydrogen-bond donors (Lipinski definition) is 1. The van der Waals surface area contributed by atoms with E-state index in [0.29, 0.717) is 6.54 Å². The molecule has 0 saturated carbocycles. The number of hydrogen-bond acceptors (Lipinski definition) is 2. The zero-order valence-corrected chi connectivity index (χ0v) is 12.8.